The van der Waals surface area contributed by atoms with Gasteiger partial charge in [-0.15, -0.1) is 0 Å². The number of nitroso groups, excluding NO2 is 1. The molecule has 0 saturated heterocycles. The number of benzene rings is 1. The first kappa shape index (κ1) is 10.7. The van der Waals surface area contributed by atoms with Crippen molar-refractivity contribution in [2.24, 2.45) is 11.1 Å². The van der Waals surface area contributed by atoms with E-state index in [1.807, 2.05) is 0 Å². The summed E-state index contributed by atoms with van der Waals surface area (Å²) in [5.74, 6) is -0.367. The van der Waals surface area contributed by atoms with Crippen LogP contribution < -0.4 is 0 Å². The zero-order valence-corrected chi connectivity index (χ0v) is 8.90. The van der Waals surface area contributed by atoms with Crippen LogP contribution in [0.2, 0.25) is 0 Å². The molecular weight excluding hydrogens is 207 g/mol. The summed E-state index contributed by atoms with van der Waals surface area (Å²) in [6, 6.07) is 6.99. The van der Waals surface area contributed by atoms with Crippen molar-refractivity contribution in [1.82, 2.24) is 0 Å². The number of nitrogens with zero attached hydrogens (tertiary/aromatic N) is 2. The van der Waals surface area contributed by atoms with E-state index in [1.165, 1.54) is 6.07 Å². The van der Waals surface area contributed by atoms with Crippen molar-refractivity contribution in [2.45, 2.75) is 18.8 Å². The summed E-state index contributed by atoms with van der Waals surface area (Å²) in [5.41, 5.74) is 0.525. The maximum Gasteiger partial charge on any atom is 0.126 e. The van der Waals surface area contributed by atoms with Crippen LogP contribution >= 0.6 is 0 Å². The van der Waals surface area contributed by atoms with Crippen molar-refractivity contribution in [3.8, 4) is 6.07 Å². The fourth-order valence-corrected chi connectivity index (χ4v) is 2.07. The van der Waals surface area contributed by atoms with E-state index < -0.39 is 5.41 Å². The number of rotatable bonds is 3. The standard InChI is InChI=1S/C12H11FN2O/c1-8-2-3-9(4-11(8)13)12(7-14)5-10(12)6-15-16/h2-4,10H,5-6H2,1H3/t10-,12?/m1/s1. The van der Waals surface area contributed by atoms with E-state index in [4.69, 9.17) is 5.26 Å². The highest BCUT2D eigenvalue weighted by atomic mass is 19.1. The Bertz CT molecular complexity index is 480. The van der Waals surface area contributed by atoms with E-state index in [-0.39, 0.29) is 18.3 Å². The summed E-state index contributed by atoms with van der Waals surface area (Å²) in [4.78, 5) is 10.2. The monoisotopic (exact) mass is 218 g/mol. The third-order valence-corrected chi connectivity index (χ3v) is 3.29. The van der Waals surface area contributed by atoms with Gasteiger partial charge >= 0.3 is 0 Å². The van der Waals surface area contributed by atoms with Gasteiger partial charge in [0.2, 0.25) is 0 Å². The zero-order valence-electron chi connectivity index (χ0n) is 8.90. The highest BCUT2D eigenvalue weighted by molar-refractivity contribution is 5.43. The highest BCUT2D eigenvalue weighted by Crippen LogP contribution is 2.54. The largest absolute Gasteiger partial charge is 0.207 e. The predicted octanol–water partition coefficient (Wildman–Crippen LogP) is 2.68. The van der Waals surface area contributed by atoms with Crippen LogP contribution in [0.4, 0.5) is 4.39 Å². The van der Waals surface area contributed by atoms with E-state index in [0.717, 1.165) is 0 Å². The SMILES string of the molecule is Cc1ccc(C2(C#N)C[C@@H]2CN=O)cc1F. The second kappa shape index (κ2) is 3.67. The summed E-state index contributed by atoms with van der Waals surface area (Å²) < 4.78 is 13.4. The molecule has 1 aromatic rings. The molecule has 0 heterocycles. The lowest BCUT2D eigenvalue weighted by Crippen LogP contribution is -2.09. The number of hydrogen-bond acceptors (Lipinski definition) is 3. The van der Waals surface area contributed by atoms with Gasteiger partial charge in [0.15, 0.2) is 0 Å². The van der Waals surface area contributed by atoms with E-state index in [9.17, 15) is 9.30 Å². The van der Waals surface area contributed by atoms with Gasteiger partial charge in [-0.2, -0.15) is 10.2 Å². The lowest BCUT2D eigenvalue weighted by molar-refractivity contribution is 0.612. The number of aryl methyl sites for hydroxylation is 1. The van der Waals surface area contributed by atoms with Crippen molar-refractivity contribution in [3.63, 3.8) is 0 Å². The third kappa shape index (κ3) is 1.49. The van der Waals surface area contributed by atoms with Crippen molar-refractivity contribution < 1.29 is 4.39 Å². The summed E-state index contributed by atoms with van der Waals surface area (Å²) in [6.45, 7) is 1.80. The van der Waals surface area contributed by atoms with Crippen LogP contribution in [-0.4, -0.2) is 6.54 Å². The zero-order chi connectivity index (χ0) is 11.8. The first-order valence-corrected chi connectivity index (χ1v) is 5.11. The van der Waals surface area contributed by atoms with Crippen LogP contribution in [0.15, 0.2) is 23.4 Å². The minimum atomic E-state index is -0.692. The Morgan fingerprint density at radius 3 is 3.00 bits per heavy atom. The second-order valence-corrected chi connectivity index (χ2v) is 4.26. The molecule has 0 N–H and O–H groups in total. The minimum absolute atomic E-state index is 0.0582. The Morgan fingerprint density at radius 2 is 2.44 bits per heavy atom. The minimum Gasteiger partial charge on any atom is -0.207 e. The van der Waals surface area contributed by atoms with Crippen molar-refractivity contribution >= 4 is 0 Å². The number of halogens is 1. The lowest BCUT2D eigenvalue weighted by Gasteiger charge is -2.08. The normalized spacial score (nSPS) is 27.2. The molecule has 16 heavy (non-hydrogen) atoms. The van der Waals surface area contributed by atoms with Crippen LogP contribution in [-0.2, 0) is 5.41 Å². The Kier molecular flexibility index (Phi) is 2.47. The smallest absolute Gasteiger partial charge is 0.126 e. The summed E-state index contributed by atoms with van der Waals surface area (Å²) in [5, 5.41) is 12.0. The molecule has 1 aliphatic rings. The van der Waals surface area contributed by atoms with Crippen molar-refractivity contribution in [1.29, 1.82) is 5.26 Å². The van der Waals surface area contributed by atoms with Gasteiger partial charge in [0.05, 0.1) is 18.0 Å². The molecule has 82 valence electrons. The Balaban J connectivity index is 2.34. The van der Waals surface area contributed by atoms with E-state index in [2.05, 4.69) is 11.2 Å². The van der Waals surface area contributed by atoms with Gasteiger partial charge in [0.1, 0.15) is 5.82 Å². The van der Waals surface area contributed by atoms with Crippen LogP contribution in [0.3, 0.4) is 0 Å². The fraction of sp³-hybridized carbons (Fsp3) is 0.417. The molecule has 1 unspecified atom stereocenters. The summed E-state index contributed by atoms with van der Waals surface area (Å²) >= 11 is 0. The molecule has 0 radical (unpaired) electrons. The average Bonchev–Trinajstić information content (AvgIpc) is 2.98. The van der Waals surface area contributed by atoms with Gasteiger partial charge in [0, 0.05) is 5.92 Å². The van der Waals surface area contributed by atoms with Gasteiger partial charge < -0.3 is 0 Å². The van der Waals surface area contributed by atoms with Gasteiger partial charge in [-0.3, -0.25) is 0 Å². The molecule has 1 aliphatic carbocycles. The lowest BCUT2D eigenvalue weighted by atomic mass is 9.94. The van der Waals surface area contributed by atoms with Crippen LogP contribution in [0, 0.1) is 34.9 Å². The molecular formula is C12H11FN2O. The molecule has 4 heteroatoms. The van der Waals surface area contributed by atoms with E-state index >= 15 is 0 Å². The topological polar surface area (TPSA) is 53.2 Å². The molecule has 0 aliphatic heterocycles. The summed E-state index contributed by atoms with van der Waals surface area (Å²) in [7, 11) is 0. The predicted molar refractivity (Wildman–Crippen MR) is 57.2 cm³/mol. The van der Waals surface area contributed by atoms with Crippen LogP contribution in [0.5, 0.6) is 0 Å². The quantitative estimate of drug-likeness (QED) is 0.732. The molecule has 2 rings (SSSR count). The van der Waals surface area contributed by atoms with Gasteiger partial charge in [-0.25, -0.2) is 4.39 Å². The van der Waals surface area contributed by atoms with Crippen molar-refractivity contribution in [2.75, 3.05) is 6.54 Å². The molecule has 1 saturated carbocycles. The molecule has 0 spiro atoms. The Morgan fingerprint density at radius 1 is 1.69 bits per heavy atom. The maximum absolute atomic E-state index is 13.4. The maximum atomic E-state index is 13.4. The molecule has 0 amide bonds. The number of nitriles is 1. The number of hydrogen-bond donors (Lipinski definition) is 0. The fourth-order valence-electron chi connectivity index (χ4n) is 2.07. The van der Waals surface area contributed by atoms with Gasteiger partial charge in [-0.05, 0) is 30.5 Å². The Labute approximate surface area is 92.9 Å². The first-order chi connectivity index (χ1) is 7.64. The van der Waals surface area contributed by atoms with E-state index in [1.54, 1.807) is 19.1 Å². The first-order valence-electron chi connectivity index (χ1n) is 5.11. The average molecular weight is 218 g/mol. The van der Waals surface area contributed by atoms with Gasteiger partial charge in [-0.1, -0.05) is 17.3 Å². The van der Waals surface area contributed by atoms with Crippen LogP contribution in [0.25, 0.3) is 0 Å². The second-order valence-electron chi connectivity index (χ2n) is 4.26. The highest BCUT2D eigenvalue weighted by Gasteiger charge is 2.56. The van der Waals surface area contributed by atoms with Crippen LogP contribution in [0.1, 0.15) is 17.5 Å². The molecule has 1 fully saturated rings. The molecule has 0 bridgehead atoms. The van der Waals surface area contributed by atoms with Crippen molar-refractivity contribution in [3.05, 3.63) is 40.1 Å². The summed E-state index contributed by atoms with van der Waals surface area (Å²) in [6.07, 6.45) is 0.595. The Hall–Kier alpha value is -1.76. The molecule has 2 atom stereocenters. The van der Waals surface area contributed by atoms with Gasteiger partial charge in [0.25, 0.3) is 0 Å². The third-order valence-electron chi connectivity index (χ3n) is 3.29. The molecule has 3 nitrogen and oxygen atoms in total. The molecule has 1 aromatic carbocycles. The van der Waals surface area contributed by atoms with E-state index in [0.29, 0.717) is 17.5 Å². The molecule has 0 aromatic heterocycles.